The number of likely N-dealkylation sites (tertiary alicyclic amines) is 1. The van der Waals surface area contributed by atoms with Gasteiger partial charge in [0.1, 0.15) is 22.0 Å². The van der Waals surface area contributed by atoms with Gasteiger partial charge in [-0.1, -0.05) is 60.7 Å². The predicted octanol–water partition coefficient (Wildman–Crippen LogP) is 4.01. The summed E-state index contributed by atoms with van der Waals surface area (Å²) in [5.41, 5.74) is 2.99. The molecule has 0 spiro atoms. The maximum Gasteiger partial charge on any atom is 0.326 e. The SMILES string of the molecule is COc1cccc(C(=O)COC(=O)CN2C(=O)[C@@H]3[C@@H](C2=O)C2(Cl)c4ccccc4C3(Cl)c3ccccc32)c1. The van der Waals surface area contributed by atoms with Gasteiger partial charge in [0.25, 0.3) is 0 Å². The van der Waals surface area contributed by atoms with Crippen LogP contribution in [0.1, 0.15) is 32.6 Å². The number of carbonyl (C=O) groups is 4. The zero-order valence-corrected chi connectivity index (χ0v) is 21.7. The second-order valence-electron chi connectivity index (χ2n) is 9.55. The number of Topliss-reactive ketones (excluding diaryl/α,β-unsaturated/α-hetero) is 1. The van der Waals surface area contributed by atoms with Crippen molar-refractivity contribution in [3.63, 3.8) is 0 Å². The average molecular weight is 550 g/mol. The minimum absolute atomic E-state index is 0.303. The van der Waals surface area contributed by atoms with Crippen molar-refractivity contribution in [3.05, 3.63) is 101 Å². The van der Waals surface area contributed by atoms with E-state index in [4.69, 9.17) is 32.7 Å². The molecule has 7 rings (SSSR count). The molecule has 1 aliphatic heterocycles. The average Bonchev–Trinajstić information content (AvgIpc) is 3.20. The Labute approximate surface area is 228 Å². The van der Waals surface area contributed by atoms with E-state index in [0.717, 1.165) is 4.90 Å². The number of hydrogen-bond acceptors (Lipinski definition) is 6. The molecule has 0 saturated carbocycles. The van der Waals surface area contributed by atoms with Crippen LogP contribution in [0.5, 0.6) is 5.75 Å². The van der Waals surface area contributed by atoms with Gasteiger partial charge in [0, 0.05) is 5.56 Å². The molecule has 2 atom stereocenters. The molecule has 192 valence electrons. The molecule has 1 fully saturated rings. The molecule has 38 heavy (non-hydrogen) atoms. The molecular formula is C29H21Cl2NO6. The van der Waals surface area contributed by atoms with Gasteiger partial charge in [-0.05, 0) is 34.4 Å². The summed E-state index contributed by atoms with van der Waals surface area (Å²) in [7, 11) is 1.48. The lowest BCUT2D eigenvalue weighted by Crippen LogP contribution is -2.57. The van der Waals surface area contributed by atoms with Crippen molar-refractivity contribution in [1.82, 2.24) is 4.90 Å². The van der Waals surface area contributed by atoms with E-state index < -0.39 is 58.3 Å². The first-order valence-electron chi connectivity index (χ1n) is 12.0. The second-order valence-corrected chi connectivity index (χ2v) is 10.7. The number of ketones is 1. The van der Waals surface area contributed by atoms with E-state index in [9.17, 15) is 19.2 Å². The van der Waals surface area contributed by atoms with Crippen LogP contribution < -0.4 is 4.74 Å². The lowest BCUT2D eigenvalue weighted by Gasteiger charge is -2.54. The molecule has 0 unspecified atom stereocenters. The Bertz CT molecular complexity index is 1410. The minimum Gasteiger partial charge on any atom is -0.497 e. The number of imide groups is 1. The summed E-state index contributed by atoms with van der Waals surface area (Å²) < 4.78 is 10.3. The summed E-state index contributed by atoms with van der Waals surface area (Å²) in [6.07, 6.45) is 0. The number of hydrogen-bond donors (Lipinski definition) is 0. The number of carbonyl (C=O) groups excluding carboxylic acids is 4. The first-order chi connectivity index (χ1) is 18.2. The number of halogens is 2. The predicted molar refractivity (Wildman–Crippen MR) is 138 cm³/mol. The molecule has 3 aliphatic carbocycles. The number of methoxy groups -OCH3 is 1. The maximum atomic E-state index is 13.7. The van der Waals surface area contributed by atoms with Gasteiger partial charge in [-0.25, -0.2) is 0 Å². The lowest BCUT2D eigenvalue weighted by molar-refractivity contribution is -0.152. The summed E-state index contributed by atoms with van der Waals surface area (Å²) in [4.78, 5) is 50.9. The van der Waals surface area contributed by atoms with E-state index >= 15 is 0 Å². The molecule has 0 radical (unpaired) electrons. The van der Waals surface area contributed by atoms with Gasteiger partial charge < -0.3 is 9.47 Å². The fourth-order valence-electron chi connectivity index (χ4n) is 6.08. The summed E-state index contributed by atoms with van der Waals surface area (Å²) >= 11 is 14.7. The van der Waals surface area contributed by atoms with Crippen LogP contribution in [0, 0.1) is 11.8 Å². The van der Waals surface area contributed by atoms with Crippen molar-refractivity contribution < 1.29 is 28.7 Å². The number of ether oxygens (including phenoxy) is 2. The molecule has 3 aromatic carbocycles. The maximum absolute atomic E-state index is 13.7. The third-order valence-electron chi connectivity index (χ3n) is 7.72. The molecule has 1 saturated heterocycles. The van der Waals surface area contributed by atoms with Gasteiger partial charge in [-0.15, -0.1) is 23.2 Å². The fourth-order valence-corrected chi connectivity index (χ4v) is 7.18. The van der Waals surface area contributed by atoms with Gasteiger partial charge in [0.15, 0.2) is 12.4 Å². The van der Waals surface area contributed by atoms with Gasteiger partial charge in [-0.3, -0.25) is 24.1 Å². The monoisotopic (exact) mass is 549 g/mol. The second kappa shape index (κ2) is 8.68. The molecule has 1 heterocycles. The number of amides is 2. The Morgan fingerprint density at radius 3 is 1.79 bits per heavy atom. The van der Waals surface area contributed by atoms with Crippen molar-refractivity contribution in [2.45, 2.75) is 9.75 Å². The highest BCUT2D eigenvalue weighted by Crippen LogP contribution is 2.69. The van der Waals surface area contributed by atoms with Crippen molar-refractivity contribution in [1.29, 1.82) is 0 Å². The number of alkyl halides is 2. The van der Waals surface area contributed by atoms with Crippen molar-refractivity contribution in [3.8, 4) is 5.75 Å². The fraction of sp³-hybridized carbons (Fsp3) is 0.241. The zero-order chi connectivity index (χ0) is 26.8. The Morgan fingerprint density at radius 1 is 0.816 bits per heavy atom. The summed E-state index contributed by atoms with van der Waals surface area (Å²) in [6.45, 7) is -1.20. The van der Waals surface area contributed by atoms with Crippen LogP contribution in [0.2, 0.25) is 0 Å². The lowest BCUT2D eigenvalue weighted by atomic mass is 9.54. The third kappa shape index (κ3) is 3.21. The molecule has 0 aromatic heterocycles. The summed E-state index contributed by atoms with van der Waals surface area (Å²) in [6, 6.07) is 21.0. The van der Waals surface area contributed by atoms with Gasteiger partial charge >= 0.3 is 5.97 Å². The van der Waals surface area contributed by atoms with E-state index in [-0.39, 0.29) is 0 Å². The van der Waals surface area contributed by atoms with Crippen LogP contribution in [0.15, 0.2) is 72.8 Å². The van der Waals surface area contributed by atoms with Gasteiger partial charge in [0.05, 0.1) is 18.9 Å². The highest BCUT2D eigenvalue weighted by atomic mass is 35.5. The number of nitrogens with zero attached hydrogens (tertiary/aromatic N) is 1. The van der Waals surface area contributed by atoms with Crippen molar-refractivity contribution >= 4 is 46.8 Å². The van der Waals surface area contributed by atoms with Crippen LogP contribution in [0.3, 0.4) is 0 Å². The largest absolute Gasteiger partial charge is 0.497 e. The van der Waals surface area contributed by atoms with E-state index in [0.29, 0.717) is 33.6 Å². The van der Waals surface area contributed by atoms with Crippen LogP contribution in [0.4, 0.5) is 0 Å². The van der Waals surface area contributed by atoms with E-state index in [1.54, 1.807) is 18.2 Å². The van der Waals surface area contributed by atoms with E-state index in [2.05, 4.69) is 0 Å². The first-order valence-corrected chi connectivity index (χ1v) is 12.7. The molecule has 0 N–H and O–H groups in total. The molecule has 3 aromatic rings. The minimum atomic E-state index is -1.33. The highest BCUT2D eigenvalue weighted by Gasteiger charge is 2.73. The Balaban J connectivity index is 1.28. The van der Waals surface area contributed by atoms with Crippen LogP contribution in [-0.2, 0) is 28.9 Å². The first kappa shape index (κ1) is 24.6. The van der Waals surface area contributed by atoms with E-state index in [1.807, 2.05) is 48.5 Å². The smallest absolute Gasteiger partial charge is 0.326 e. The van der Waals surface area contributed by atoms with E-state index in [1.165, 1.54) is 13.2 Å². The number of esters is 1. The Kier molecular flexibility index (Phi) is 5.63. The highest BCUT2D eigenvalue weighted by molar-refractivity contribution is 6.36. The molecule has 9 heteroatoms. The normalized spacial score (nSPS) is 26.4. The summed E-state index contributed by atoms with van der Waals surface area (Å²) in [5.74, 6) is -4.07. The van der Waals surface area contributed by atoms with Gasteiger partial charge in [-0.2, -0.15) is 0 Å². The quantitative estimate of drug-likeness (QED) is 0.200. The molecule has 2 bridgehead atoms. The topological polar surface area (TPSA) is 90.0 Å². The third-order valence-corrected chi connectivity index (χ3v) is 9.00. The zero-order valence-electron chi connectivity index (χ0n) is 20.1. The summed E-state index contributed by atoms with van der Waals surface area (Å²) in [5, 5.41) is 0. The standard InChI is InChI=1S/C29H21Cl2NO6/c1-37-17-8-6-7-16(13-17)22(33)15-38-23(34)14-32-26(35)24-25(27(32)36)29(31)19-10-3-2-9-18(19)28(24,30)20-11-4-5-12-21(20)29/h2-13,24-25H,14-15H2,1H3/t24-,25-,28?,29?/m0/s1. The molecule has 4 aliphatic rings. The Hall–Kier alpha value is -3.68. The number of benzene rings is 3. The van der Waals surface area contributed by atoms with Crippen LogP contribution in [-0.4, -0.2) is 48.7 Å². The van der Waals surface area contributed by atoms with Crippen molar-refractivity contribution in [2.24, 2.45) is 11.8 Å². The number of rotatable bonds is 6. The molecular weight excluding hydrogens is 529 g/mol. The van der Waals surface area contributed by atoms with Gasteiger partial charge in [0.2, 0.25) is 11.8 Å². The molecule has 2 amide bonds. The Morgan fingerprint density at radius 2 is 1.32 bits per heavy atom. The van der Waals surface area contributed by atoms with Crippen molar-refractivity contribution in [2.75, 3.05) is 20.3 Å². The molecule has 7 nitrogen and oxygen atoms in total. The van der Waals surface area contributed by atoms with Crippen LogP contribution in [0.25, 0.3) is 0 Å². The van der Waals surface area contributed by atoms with Crippen LogP contribution >= 0.6 is 23.2 Å².